The maximum Gasteiger partial charge on any atom is 0.306 e. The molecule has 0 spiro atoms. The number of esters is 1. The van der Waals surface area contributed by atoms with Crippen LogP contribution in [0.3, 0.4) is 0 Å². The number of hydrogen-bond donors (Lipinski definition) is 1. The van der Waals surface area contributed by atoms with Gasteiger partial charge in [-0.15, -0.1) is 0 Å². The van der Waals surface area contributed by atoms with Gasteiger partial charge in [0.05, 0.1) is 4.90 Å². The molecule has 1 heterocycles. The molecule has 2 aromatic rings. The van der Waals surface area contributed by atoms with Gasteiger partial charge in [-0.2, -0.15) is 0 Å². The van der Waals surface area contributed by atoms with E-state index in [-0.39, 0.29) is 23.9 Å². The molecule has 0 radical (unpaired) electrons. The maximum atomic E-state index is 12.0. The van der Waals surface area contributed by atoms with Crippen molar-refractivity contribution in [2.24, 2.45) is 4.99 Å². The Bertz CT molecular complexity index is 957. The van der Waals surface area contributed by atoms with Crippen molar-refractivity contribution in [1.82, 2.24) is 4.72 Å². The standard InChI is InChI=1S/C18H17ClN2O4S/c19-15-8-3-1-6-13(15)12-25-17(22)10-5-11-20-18-14-7-2-4-9-16(14)26(23,24)21-18/h1-4,6-9H,5,10-12H2,(H,20,21). The van der Waals surface area contributed by atoms with Gasteiger partial charge in [-0.3, -0.25) is 14.5 Å². The largest absolute Gasteiger partial charge is 0.461 e. The fourth-order valence-corrected chi connectivity index (χ4v) is 3.95. The van der Waals surface area contributed by atoms with Crippen molar-refractivity contribution in [1.29, 1.82) is 0 Å². The molecule has 3 rings (SSSR count). The quantitative estimate of drug-likeness (QED) is 0.605. The van der Waals surface area contributed by atoms with Gasteiger partial charge in [0.2, 0.25) is 0 Å². The lowest BCUT2D eigenvalue weighted by Crippen LogP contribution is -2.22. The van der Waals surface area contributed by atoms with Crippen molar-refractivity contribution in [3.63, 3.8) is 0 Å². The summed E-state index contributed by atoms with van der Waals surface area (Å²) in [6, 6.07) is 13.8. The summed E-state index contributed by atoms with van der Waals surface area (Å²) in [5, 5.41) is 0.555. The first-order valence-corrected chi connectivity index (χ1v) is 9.89. The number of nitrogens with zero attached hydrogens (tertiary/aromatic N) is 1. The molecule has 1 aliphatic rings. The van der Waals surface area contributed by atoms with E-state index >= 15 is 0 Å². The van der Waals surface area contributed by atoms with Crippen LogP contribution in [-0.4, -0.2) is 26.8 Å². The third-order valence-electron chi connectivity index (χ3n) is 3.82. The predicted octanol–water partition coefficient (Wildman–Crippen LogP) is 2.90. The molecule has 6 nitrogen and oxygen atoms in total. The van der Waals surface area contributed by atoms with Crippen LogP contribution in [0.2, 0.25) is 5.02 Å². The molecule has 0 saturated carbocycles. The highest BCUT2D eigenvalue weighted by molar-refractivity contribution is 7.90. The first-order chi connectivity index (χ1) is 12.5. The molecule has 0 bridgehead atoms. The van der Waals surface area contributed by atoms with Crippen LogP contribution in [0.1, 0.15) is 24.0 Å². The third kappa shape index (κ3) is 4.23. The Kier molecular flexibility index (Phi) is 5.58. The summed E-state index contributed by atoms with van der Waals surface area (Å²) in [5.41, 5.74) is 1.30. The molecule has 0 fully saturated rings. The van der Waals surface area contributed by atoms with E-state index in [1.165, 1.54) is 6.07 Å². The number of aliphatic imine (C=N–C) groups is 1. The van der Waals surface area contributed by atoms with E-state index in [2.05, 4.69) is 9.71 Å². The molecule has 0 atom stereocenters. The van der Waals surface area contributed by atoms with E-state index in [0.717, 1.165) is 5.56 Å². The lowest BCUT2D eigenvalue weighted by atomic mass is 10.2. The number of fused-ring (bicyclic) bond motifs is 1. The molecule has 8 heteroatoms. The average Bonchev–Trinajstić information content (AvgIpc) is 2.89. The molecule has 0 unspecified atom stereocenters. The summed E-state index contributed by atoms with van der Waals surface area (Å²) >= 11 is 6.01. The highest BCUT2D eigenvalue weighted by Gasteiger charge is 2.29. The smallest absolute Gasteiger partial charge is 0.306 e. The van der Waals surface area contributed by atoms with Crippen molar-refractivity contribution in [3.8, 4) is 0 Å². The van der Waals surface area contributed by atoms with Gasteiger partial charge >= 0.3 is 5.97 Å². The van der Waals surface area contributed by atoms with Crippen LogP contribution in [-0.2, 0) is 26.2 Å². The van der Waals surface area contributed by atoms with E-state index < -0.39 is 10.0 Å². The summed E-state index contributed by atoms with van der Waals surface area (Å²) in [6.45, 7) is 0.438. The number of rotatable bonds is 6. The van der Waals surface area contributed by atoms with E-state index in [4.69, 9.17) is 16.3 Å². The van der Waals surface area contributed by atoms with Gasteiger partial charge in [0, 0.05) is 29.1 Å². The molecule has 0 aliphatic carbocycles. The Morgan fingerprint density at radius 1 is 1.12 bits per heavy atom. The van der Waals surface area contributed by atoms with Gasteiger partial charge in [-0.1, -0.05) is 41.9 Å². The second-order valence-corrected chi connectivity index (χ2v) is 7.75. The zero-order valence-electron chi connectivity index (χ0n) is 13.8. The van der Waals surface area contributed by atoms with Crippen LogP contribution in [0, 0.1) is 0 Å². The number of ether oxygens (including phenoxy) is 1. The lowest BCUT2D eigenvalue weighted by molar-refractivity contribution is -0.145. The summed E-state index contributed by atoms with van der Waals surface area (Å²) in [6.07, 6.45) is 0.643. The molecule has 2 aromatic carbocycles. The Labute approximate surface area is 156 Å². The SMILES string of the molecule is O=C(CCCN=C1NS(=O)(=O)c2ccccc21)OCc1ccccc1Cl. The number of sulfonamides is 1. The first-order valence-electron chi connectivity index (χ1n) is 8.03. The van der Waals surface area contributed by atoms with Gasteiger partial charge in [-0.05, 0) is 24.6 Å². The second kappa shape index (κ2) is 7.88. The van der Waals surface area contributed by atoms with Crippen LogP contribution < -0.4 is 4.72 Å². The van der Waals surface area contributed by atoms with Gasteiger partial charge < -0.3 is 4.74 Å². The van der Waals surface area contributed by atoms with Gasteiger partial charge in [0.1, 0.15) is 12.4 Å². The van der Waals surface area contributed by atoms with Crippen LogP contribution in [0.4, 0.5) is 0 Å². The molecular weight excluding hydrogens is 376 g/mol. The minimum Gasteiger partial charge on any atom is -0.461 e. The minimum atomic E-state index is -3.54. The third-order valence-corrected chi connectivity index (χ3v) is 5.58. The zero-order chi connectivity index (χ0) is 18.6. The molecule has 26 heavy (non-hydrogen) atoms. The molecule has 1 N–H and O–H groups in total. The summed E-state index contributed by atoms with van der Waals surface area (Å²) in [7, 11) is -3.54. The van der Waals surface area contributed by atoms with Crippen LogP contribution in [0.5, 0.6) is 0 Å². The highest BCUT2D eigenvalue weighted by atomic mass is 35.5. The Balaban J connectivity index is 1.49. The molecular formula is C18H17ClN2O4S. The number of carbonyl (C=O) groups excluding carboxylic acids is 1. The number of hydrogen-bond acceptors (Lipinski definition) is 5. The van der Waals surface area contributed by atoms with Crippen molar-refractivity contribution >= 4 is 33.4 Å². The lowest BCUT2D eigenvalue weighted by Gasteiger charge is -2.06. The second-order valence-electron chi connectivity index (χ2n) is 5.69. The Morgan fingerprint density at radius 3 is 2.65 bits per heavy atom. The first kappa shape index (κ1) is 18.4. The van der Waals surface area contributed by atoms with E-state index in [1.807, 2.05) is 12.1 Å². The molecule has 0 aromatic heterocycles. The van der Waals surface area contributed by atoms with Crippen LogP contribution >= 0.6 is 11.6 Å². The van der Waals surface area contributed by atoms with Crippen LogP contribution in [0.15, 0.2) is 58.4 Å². The number of nitrogens with one attached hydrogen (secondary N) is 1. The van der Waals surface area contributed by atoms with E-state index in [0.29, 0.717) is 29.4 Å². The van der Waals surface area contributed by atoms with Crippen molar-refractivity contribution in [2.75, 3.05) is 6.54 Å². The minimum absolute atomic E-state index is 0.125. The molecule has 1 aliphatic heterocycles. The maximum absolute atomic E-state index is 12.0. The van der Waals surface area contributed by atoms with Crippen LogP contribution in [0.25, 0.3) is 0 Å². The fraction of sp³-hybridized carbons (Fsp3) is 0.222. The Hall–Kier alpha value is -2.38. The molecule has 136 valence electrons. The van der Waals surface area contributed by atoms with E-state index in [1.54, 1.807) is 30.3 Å². The number of benzene rings is 2. The summed E-state index contributed by atoms with van der Waals surface area (Å²) < 4.78 is 31.6. The van der Waals surface area contributed by atoms with Gasteiger partial charge in [0.25, 0.3) is 10.0 Å². The molecule has 0 saturated heterocycles. The van der Waals surface area contributed by atoms with Gasteiger partial charge in [0.15, 0.2) is 0 Å². The summed E-state index contributed by atoms with van der Waals surface area (Å²) in [5.74, 6) is -0.0393. The number of carbonyl (C=O) groups is 1. The zero-order valence-corrected chi connectivity index (χ0v) is 15.4. The highest BCUT2D eigenvalue weighted by Crippen LogP contribution is 2.22. The van der Waals surface area contributed by atoms with Crippen molar-refractivity contribution < 1.29 is 17.9 Å². The normalized spacial score (nSPS) is 16.1. The number of halogens is 1. The Morgan fingerprint density at radius 2 is 1.85 bits per heavy atom. The predicted molar refractivity (Wildman–Crippen MR) is 98.6 cm³/mol. The number of amidine groups is 1. The molecule has 0 amide bonds. The topological polar surface area (TPSA) is 84.8 Å². The monoisotopic (exact) mass is 392 g/mol. The van der Waals surface area contributed by atoms with Crippen molar-refractivity contribution in [3.05, 3.63) is 64.7 Å². The average molecular weight is 393 g/mol. The van der Waals surface area contributed by atoms with E-state index in [9.17, 15) is 13.2 Å². The summed E-state index contributed by atoms with van der Waals surface area (Å²) in [4.78, 5) is 16.3. The van der Waals surface area contributed by atoms with Gasteiger partial charge in [-0.25, -0.2) is 8.42 Å². The fourth-order valence-electron chi connectivity index (χ4n) is 2.51. The van der Waals surface area contributed by atoms with Crippen molar-refractivity contribution in [2.45, 2.75) is 24.3 Å².